The molecule has 132 valence electrons. The van der Waals surface area contributed by atoms with Crippen molar-refractivity contribution >= 4 is 35.3 Å². The van der Waals surface area contributed by atoms with Crippen molar-refractivity contribution in [3.05, 3.63) is 54.6 Å². The summed E-state index contributed by atoms with van der Waals surface area (Å²) in [5.41, 5.74) is 1.19. The Balaban J connectivity index is 2.04. The van der Waals surface area contributed by atoms with Crippen LogP contribution in [0.5, 0.6) is 0 Å². The van der Waals surface area contributed by atoms with E-state index in [1.807, 2.05) is 6.07 Å². The fraction of sp³-hybridized carbons (Fsp3) is 0.125. The lowest BCUT2D eigenvalue weighted by atomic mass is 10.2. The Morgan fingerprint density at radius 2 is 1.72 bits per heavy atom. The summed E-state index contributed by atoms with van der Waals surface area (Å²) in [5.74, 6) is -1.38. The van der Waals surface area contributed by atoms with E-state index in [2.05, 4.69) is 14.7 Å². The molecular weight excluding hydrogens is 348 g/mol. The first-order valence-corrected chi connectivity index (χ1v) is 7.89. The van der Waals surface area contributed by atoms with Gasteiger partial charge in [0, 0.05) is 16.3 Å². The van der Waals surface area contributed by atoms with Gasteiger partial charge in [0.05, 0.1) is 18.6 Å². The highest BCUT2D eigenvalue weighted by atomic mass is 32.2. The molecule has 0 aromatic heterocycles. The van der Waals surface area contributed by atoms with Gasteiger partial charge < -0.3 is 15.3 Å². The number of rotatable bonds is 9. The Hall–Kier alpha value is -2.59. The average molecular weight is 364 g/mol. The number of carboxylic acid groups (broad SMARTS) is 1. The number of anilines is 2. The zero-order valence-electron chi connectivity index (χ0n) is 13.0. The van der Waals surface area contributed by atoms with Crippen LogP contribution < -0.4 is 10.2 Å². The second kappa shape index (κ2) is 9.64. The Morgan fingerprint density at radius 1 is 1.04 bits per heavy atom. The molecule has 2 rings (SSSR count). The van der Waals surface area contributed by atoms with Crippen LogP contribution in [0.4, 0.5) is 11.4 Å². The smallest absolute Gasteiger partial charge is 0.323 e. The molecule has 2 aromatic rings. The largest absolute Gasteiger partial charge is 0.480 e. The van der Waals surface area contributed by atoms with Gasteiger partial charge in [-0.2, -0.15) is 0 Å². The quantitative estimate of drug-likeness (QED) is 0.354. The maximum Gasteiger partial charge on any atom is 0.323 e. The van der Waals surface area contributed by atoms with E-state index in [0.717, 1.165) is 12.0 Å². The number of hydrogen-bond donors (Lipinski definition) is 3. The zero-order chi connectivity index (χ0) is 18.1. The summed E-state index contributed by atoms with van der Waals surface area (Å²) in [7, 11) is 0. The molecule has 0 saturated heterocycles. The van der Waals surface area contributed by atoms with Crippen molar-refractivity contribution in [1.29, 1.82) is 0 Å². The number of nitrogens with zero attached hydrogens (tertiary/aromatic N) is 1. The van der Waals surface area contributed by atoms with Crippen molar-refractivity contribution in [2.24, 2.45) is 0 Å². The van der Waals surface area contributed by atoms with Crippen LogP contribution in [0.15, 0.2) is 59.5 Å². The molecule has 0 unspecified atom stereocenters. The van der Waals surface area contributed by atoms with E-state index in [1.165, 1.54) is 4.90 Å². The second-order valence-electron chi connectivity index (χ2n) is 4.88. The molecule has 3 N–H and O–H groups in total. The Kier molecular flexibility index (Phi) is 7.23. The summed E-state index contributed by atoms with van der Waals surface area (Å²) < 4.78 is 4.32. The summed E-state index contributed by atoms with van der Waals surface area (Å²) >= 11 is 0.784. The van der Waals surface area contributed by atoms with Crippen molar-refractivity contribution in [3.63, 3.8) is 0 Å². The van der Waals surface area contributed by atoms with Crippen molar-refractivity contribution in [3.8, 4) is 0 Å². The molecule has 0 heterocycles. The number of benzene rings is 2. The third-order valence-corrected chi connectivity index (χ3v) is 3.67. The lowest BCUT2D eigenvalue weighted by molar-refractivity contribution is -0.432. The monoisotopic (exact) mass is 364 g/mol. The number of carboxylic acids is 1. The summed E-state index contributed by atoms with van der Waals surface area (Å²) in [4.78, 5) is 25.3. The first-order chi connectivity index (χ1) is 12.1. The van der Waals surface area contributed by atoms with Gasteiger partial charge >= 0.3 is 5.97 Å². The van der Waals surface area contributed by atoms with Gasteiger partial charge in [0.2, 0.25) is 5.91 Å². The van der Waals surface area contributed by atoms with Crippen LogP contribution in [-0.4, -0.2) is 35.3 Å². The van der Waals surface area contributed by atoms with E-state index in [9.17, 15) is 9.59 Å². The number of hydrogen-bond acceptors (Lipinski definition) is 7. The van der Waals surface area contributed by atoms with Gasteiger partial charge in [-0.05, 0) is 36.4 Å². The Morgan fingerprint density at radius 3 is 2.32 bits per heavy atom. The van der Waals surface area contributed by atoms with Crippen LogP contribution in [-0.2, 0) is 19.0 Å². The molecule has 0 spiro atoms. The maximum atomic E-state index is 12.2. The minimum Gasteiger partial charge on any atom is -0.480 e. The van der Waals surface area contributed by atoms with Crippen molar-refractivity contribution in [2.75, 3.05) is 23.3 Å². The number of nitrogens with one attached hydrogen (secondary N) is 1. The lowest BCUT2D eigenvalue weighted by Gasteiger charge is -2.22. The van der Waals surface area contributed by atoms with Gasteiger partial charge in [-0.25, -0.2) is 5.26 Å². The van der Waals surface area contributed by atoms with E-state index in [4.69, 9.17) is 10.4 Å². The number of aliphatic carboxylic acids is 1. The van der Waals surface area contributed by atoms with E-state index in [-0.39, 0.29) is 19.0 Å². The van der Waals surface area contributed by atoms with Gasteiger partial charge in [-0.1, -0.05) is 23.2 Å². The Labute approximate surface area is 148 Å². The molecule has 0 fully saturated rings. The first kappa shape index (κ1) is 18.7. The third kappa shape index (κ3) is 6.43. The molecule has 8 nitrogen and oxygen atoms in total. The van der Waals surface area contributed by atoms with Gasteiger partial charge in [0.25, 0.3) is 0 Å². The van der Waals surface area contributed by atoms with Crippen LogP contribution in [0.3, 0.4) is 0 Å². The Bertz CT molecular complexity index is 696. The lowest BCUT2D eigenvalue weighted by Crippen LogP contribution is -2.37. The summed E-state index contributed by atoms with van der Waals surface area (Å²) in [6, 6.07) is 15.5. The number of amides is 1. The van der Waals surface area contributed by atoms with Gasteiger partial charge in [0.15, 0.2) is 0 Å². The molecule has 25 heavy (non-hydrogen) atoms. The number of para-hydroxylation sites is 1. The molecular formula is C16H16N2O6S. The summed E-state index contributed by atoms with van der Waals surface area (Å²) in [6.07, 6.45) is 0. The normalized spacial score (nSPS) is 10.3. The van der Waals surface area contributed by atoms with E-state index >= 15 is 0 Å². The van der Waals surface area contributed by atoms with Crippen LogP contribution in [0.2, 0.25) is 0 Å². The minimum atomic E-state index is -1.05. The molecule has 2 aromatic carbocycles. The highest BCUT2D eigenvalue weighted by Gasteiger charge is 2.15. The molecule has 0 radical (unpaired) electrons. The third-order valence-electron chi connectivity index (χ3n) is 3.08. The van der Waals surface area contributed by atoms with E-state index < -0.39 is 5.97 Å². The molecule has 0 atom stereocenters. The SMILES string of the molecule is O=C(O)CN(CC(=O)Nc1ccccc1)c1ccc(SOOO)cc1. The first-order valence-electron chi connectivity index (χ1n) is 7.15. The van der Waals surface area contributed by atoms with Crippen LogP contribution in [0.1, 0.15) is 0 Å². The maximum absolute atomic E-state index is 12.2. The predicted molar refractivity (Wildman–Crippen MR) is 92.0 cm³/mol. The fourth-order valence-corrected chi connectivity index (χ4v) is 2.42. The fourth-order valence-electron chi connectivity index (χ4n) is 2.06. The van der Waals surface area contributed by atoms with Gasteiger partial charge in [0.1, 0.15) is 6.54 Å². The molecule has 0 bridgehead atoms. The van der Waals surface area contributed by atoms with Crippen molar-refractivity contribution in [2.45, 2.75) is 4.90 Å². The van der Waals surface area contributed by atoms with E-state index in [1.54, 1.807) is 48.5 Å². The van der Waals surface area contributed by atoms with Crippen molar-refractivity contribution in [1.82, 2.24) is 0 Å². The van der Waals surface area contributed by atoms with Crippen LogP contribution >= 0.6 is 12.0 Å². The van der Waals surface area contributed by atoms with Crippen molar-refractivity contribution < 1.29 is 29.3 Å². The molecule has 9 heteroatoms. The summed E-state index contributed by atoms with van der Waals surface area (Å²) in [6.45, 7) is -0.450. The summed E-state index contributed by atoms with van der Waals surface area (Å²) in [5, 5.41) is 23.4. The molecule has 0 aliphatic rings. The molecule has 0 aliphatic heterocycles. The average Bonchev–Trinajstić information content (AvgIpc) is 2.60. The van der Waals surface area contributed by atoms with Crippen LogP contribution in [0.25, 0.3) is 0 Å². The number of carbonyl (C=O) groups excluding carboxylic acids is 1. The minimum absolute atomic E-state index is 0.121. The molecule has 1 amide bonds. The second-order valence-corrected chi connectivity index (χ2v) is 5.66. The van der Waals surface area contributed by atoms with Crippen LogP contribution in [0, 0.1) is 0 Å². The van der Waals surface area contributed by atoms with Gasteiger partial charge in [-0.15, -0.1) is 4.33 Å². The zero-order valence-corrected chi connectivity index (χ0v) is 13.8. The number of carbonyl (C=O) groups is 2. The highest BCUT2D eigenvalue weighted by Crippen LogP contribution is 2.23. The standard InChI is InChI=1S/C16H16N2O6S/c19-15(17-12-4-2-1-3-5-12)10-18(11-16(20)21)13-6-8-14(9-7-13)25-24-23-22/h1-9,22H,10-11H2,(H,17,19)(H,20,21). The molecule has 0 aliphatic carbocycles. The highest BCUT2D eigenvalue weighted by molar-refractivity contribution is 7.94. The van der Waals surface area contributed by atoms with Gasteiger partial charge in [-0.3, -0.25) is 9.59 Å². The topological polar surface area (TPSA) is 108 Å². The molecule has 0 saturated carbocycles. The van der Waals surface area contributed by atoms with E-state index in [0.29, 0.717) is 16.3 Å². The predicted octanol–water partition coefficient (Wildman–Crippen LogP) is 2.64.